The number of halogens is 1. The molecule has 3 aromatic rings. The molecule has 218 valence electrons. The maximum absolute atomic E-state index is 13.8. The lowest BCUT2D eigenvalue weighted by molar-refractivity contribution is -0.155. The Bertz CT molecular complexity index is 1260. The van der Waals surface area contributed by atoms with Crippen molar-refractivity contribution in [3.05, 3.63) is 102 Å². The van der Waals surface area contributed by atoms with Crippen LogP contribution in [0.1, 0.15) is 36.5 Å². The zero-order chi connectivity index (χ0) is 28.3. The number of likely N-dealkylation sites (tertiary alicyclic amines) is 1. The highest BCUT2D eigenvalue weighted by Crippen LogP contribution is 2.21. The first-order valence-corrected chi connectivity index (χ1v) is 13.8. The number of hydrogen-bond acceptors (Lipinski definition) is 6. The summed E-state index contributed by atoms with van der Waals surface area (Å²) in [5.41, 5.74) is 8.93. The van der Waals surface area contributed by atoms with Crippen molar-refractivity contribution in [1.82, 2.24) is 10.2 Å². The summed E-state index contributed by atoms with van der Waals surface area (Å²) in [6.45, 7) is 3.05. The molecule has 8 nitrogen and oxygen atoms in total. The summed E-state index contributed by atoms with van der Waals surface area (Å²) in [5.74, 6) is -0.429. The molecular weight excluding hydrogens is 542 g/mol. The number of nitrogens with one attached hydrogen (secondary N) is 1. The normalized spacial score (nSPS) is 15.8. The molecule has 1 heterocycles. The molecule has 0 saturated carbocycles. The third kappa shape index (κ3) is 9.06. The highest BCUT2D eigenvalue weighted by molar-refractivity contribution is 5.92. The van der Waals surface area contributed by atoms with Gasteiger partial charge in [0.25, 0.3) is 0 Å². The molecule has 4 rings (SSSR count). The summed E-state index contributed by atoms with van der Waals surface area (Å²) in [4.78, 5) is 41.5. The molecule has 0 aromatic heterocycles. The number of benzene rings is 3. The van der Waals surface area contributed by atoms with E-state index < -0.39 is 30.0 Å². The molecule has 0 bridgehead atoms. The number of nitrogens with zero attached hydrogens (tertiary/aromatic N) is 1. The van der Waals surface area contributed by atoms with E-state index in [4.69, 9.17) is 15.2 Å². The Labute approximate surface area is 247 Å². The van der Waals surface area contributed by atoms with Crippen molar-refractivity contribution in [2.24, 2.45) is 5.73 Å². The number of carbonyl (C=O) groups excluding carboxylic acids is 3. The molecule has 3 N–H and O–H groups in total. The van der Waals surface area contributed by atoms with E-state index in [1.165, 1.54) is 0 Å². The summed E-state index contributed by atoms with van der Waals surface area (Å²) >= 11 is 0. The monoisotopic (exact) mass is 579 g/mol. The first-order valence-electron chi connectivity index (χ1n) is 13.8. The lowest BCUT2D eigenvalue weighted by Gasteiger charge is -2.29. The van der Waals surface area contributed by atoms with Gasteiger partial charge in [-0.25, -0.2) is 4.79 Å². The highest BCUT2D eigenvalue weighted by Gasteiger charge is 2.39. The van der Waals surface area contributed by atoms with Crippen molar-refractivity contribution in [2.45, 2.75) is 57.3 Å². The lowest BCUT2D eigenvalue weighted by atomic mass is 10.0. The summed E-state index contributed by atoms with van der Waals surface area (Å²) in [5, 5.41) is 2.88. The number of nitrogens with two attached hydrogens (primary N) is 1. The van der Waals surface area contributed by atoms with Crippen LogP contribution in [0, 0.1) is 0 Å². The van der Waals surface area contributed by atoms with E-state index >= 15 is 0 Å². The quantitative estimate of drug-likeness (QED) is 0.315. The number of rotatable bonds is 12. The zero-order valence-electron chi connectivity index (χ0n) is 23.2. The average molecular weight is 580 g/mol. The van der Waals surface area contributed by atoms with Crippen molar-refractivity contribution in [2.75, 3.05) is 13.2 Å². The molecule has 0 unspecified atom stereocenters. The van der Waals surface area contributed by atoms with Crippen LogP contribution in [0.15, 0.2) is 84.9 Å². The first-order chi connectivity index (χ1) is 19.4. The fourth-order valence-corrected chi connectivity index (χ4v) is 4.86. The van der Waals surface area contributed by atoms with E-state index in [0.29, 0.717) is 32.4 Å². The van der Waals surface area contributed by atoms with Gasteiger partial charge in [-0.1, -0.05) is 72.8 Å². The minimum absolute atomic E-state index is 0. The van der Waals surface area contributed by atoms with Gasteiger partial charge in [0.2, 0.25) is 11.8 Å². The van der Waals surface area contributed by atoms with Gasteiger partial charge in [-0.3, -0.25) is 9.59 Å². The van der Waals surface area contributed by atoms with Crippen LogP contribution in [-0.2, 0) is 38.6 Å². The van der Waals surface area contributed by atoms with Gasteiger partial charge < -0.3 is 25.4 Å². The second kappa shape index (κ2) is 15.8. The van der Waals surface area contributed by atoms with Crippen molar-refractivity contribution >= 4 is 30.2 Å². The molecule has 0 aliphatic carbocycles. The summed E-state index contributed by atoms with van der Waals surface area (Å²) < 4.78 is 11.0. The molecule has 1 aliphatic rings. The van der Waals surface area contributed by atoms with E-state index in [1.807, 2.05) is 91.9 Å². The number of ether oxygens (including phenoxy) is 2. The average Bonchev–Trinajstić information content (AvgIpc) is 3.47. The molecule has 0 spiro atoms. The van der Waals surface area contributed by atoms with Crippen LogP contribution in [0.25, 0.3) is 0 Å². The van der Waals surface area contributed by atoms with E-state index in [9.17, 15) is 14.4 Å². The molecule has 41 heavy (non-hydrogen) atoms. The van der Waals surface area contributed by atoms with Crippen LogP contribution in [0.2, 0.25) is 0 Å². The van der Waals surface area contributed by atoms with Crippen molar-refractivity contribution < 1.29 is 23.9 Å². The Morgan fingerprint density at radius 2 is 1.51 bits per heavy atom. The maximum Gasteiger partial charge on any atom is 0.329 e. The minimum Gasteiger partial charge on any atom is -0.494 e. The van der Waals surface area contributed by atoms with Gasteiger partial charge in [-0.05, 0) is 55.0 Å². The third-order valence-corrected chi connectivity index (χ3v) is 6.96. The van der Waals surface area contributed by atoms with Gasteiger partial charge in [0.15, 0.2) is 0 Å². The zero-order valence-corrected chi connectivity index (χ0v) is 24.1. The van der Waals surface area contributed by atoms with Crippen molar-refractivity contribution in [1.29, 1.82) is 0 Å². The van der Waals surface area contributed by atoms with E-state index in [0.717, 1.165) is 22.4 Å². The second-order valence-corrected chi connectivity index (χ2v) is 9.92. The number of carbonyl (C=O) groups is 3. The molecule has 1 fully saturated rings. The first kappa shape index (κ1) is 31.6. The fourth-order valence-electron chi connectivity index (χ4n) is 4.86. The van der Waals surface area contributed by atoms with Gasteiger partial charge in [-0.2, -0.15) is 0 Å². The Morgan fingerprint density at radius 3 is 2.15 bits per heavy atom. The number of hydrogen-bond donors (Lipinski definition) is 2. The van der Waals surface area contributed by atoms with Gasteiger partial charge in [0, 0.05) is 13.0 Å². The van der Waals surface area contributed by atoms with Crippen LogP contribution in [0.3, 0.4) is 0 Å². The molecular formula is C32H38ClN3O5. The van der Waals surface area contributed by atoms with Gasteiger partial charge in [-0.15, -0.1) is 12.4 Å². The molecule has 1 aliphatic heterocycles. The van der Waals surface area contributed by atoms with Crippen LogP contribution in [0.5, 0.6) is 5.75 Å². The third-order valence-electron chi connectivity index (χ3n) is 6.96. The lowest BCUT2D eigenvalue weighted by Crippen LogP contribution is -2.55. The summed E-state index contributed by atoms with van der Waals surface area (Å²) in [7, 11) is 0. The molecule has 2 amide bonds. The second-order valence-electron chi connectivity index (χ2n) is 9.92. The molecule has 9 heteroatoms. The Morgan fingerprint density at radius 1 is 0.902 bits per heavy atom. The van der Waals surface area contributed by atoms with Crippen LogP contribution >= 0.6 is 12.4 Å². The molecule has 3 atom stereocenters. The van der Waals surface area contributed by atoms with Gasteiger partial charge in [0.1, 0.15) is 24.4 Å². The van der Waals surface area contributed by atoms with Crippen molar-refractivity contribution in [3.8, 4) is 5.75 Å². The Hall–Kier alpha value is -3.88. The number of esters is 1. The van der Waals surface area contributed by atoms with Gasteiger partial charge >= 0.3 is 5.97 Å². The van der Waals surface area contributed by atoms with Crippen LogP contribution in [-0.4, -0.2) is 54.0 Å². The van der Waals surface area contributed by atoms with Crippen molar-refractivity contribution in [3.63, 3.8) is 0 Å². The van der Waals surface area contributed by atoms with E-state index in [-0.39, 0.29) is 31.3 Å². The molecule has 3 aromatic carbocycles. The van der Waals surface area contributed by atoms with Gasteiger partial charge in [0.05, 0.1) is 12.6 Å². The smallest absolute Gasteiger partial charge is 0.329 e. The summed E-state index contributed by atoms with van der Waals surface area (Å²) in [6.07, 6.45) is 1.79. The highest BCUT2D eigenvalue weighted by atomic mass is 35.5. The predicted octanol–water partition coefficient (Wildman–Crippen LogP) is 3.84. The van der Waals surface area contributed by atoms with Crippen LogP contribution in [0.4, 0.5) is 0 Å². The number of amides is 2. The largest absolute Gasteiger partial charge is 0.494 e. The molecule has 1 saturated heterocycles. The SMILES string of the molecule is CCOc1ccc(C[C@H](N)C(=O)N[C@@H](Cc2ccccc2)C(=O)N2CCC[C@@H]2C(=O)OCc2ccccc2)cc1.Cl. The Kier molecular flexibility index (Phi) is 12.2. The van der Waals surface area contributed by atoms with Crippen LogP contribution < -0.4 is 15.8 Å². The predicted molar refractivity (Wildman–Crippen MR) is 160 cm³/mol. The fraction of sp³-hybridized carbons (Fsp3) is 0.344. The summed E-state index contributed by atoms with van der Waals surface area (Å²) in [6, 6.07) is 23.9. The van der Waals surface area contributed by atoms with E-state index in [2.05, 4.69) is 5.32 Å². The maximum atomic E-state index is 13.8. The van der Waals surface area contributed by atoms with E-state index in [1.54, 1.807) is 4.90 Å². The standard InChI is InChI=1S/C32H37N3O5.ClH/c1-2-39-26-17-15-24(16-18-26)20-27(33)30(36)34-28(21-23-10-5-3-6-11-23)31(37)35-19-9-14-29(35)32(38)40-22-25-12-7-4-8-13-25;/h3-8,10-13,15-18,27-29H,2,9,14,19-22,33H2,1H3,(H,34,36);1H/t27-,28-,29+;/m0./s1. The molecule has 0 radical (unpaired) electrons. The topological polar surface area (TPSA) is 111 Å². The minimum atomic E-state index is -0.871. The Balaban J connectivity index is 0.00000462.